The lowest BCUT2D eigenvalue weighted by atomic mass is 10.1. The van der Waals surface area contributed by atoms with Crippen molar-refractivity contribution in [3.63, 3.8) is 0 Å². The molecule has 202 valence electrons. The number of carbonyl (C=O) groups is 2. The number of ether oxygens (including phenoxy) is 2. The van der Waals surface area contributed by atoms with Gasteiger partial charge in [0.15, 0.2) is 5.78 Å². The summed E-state index contributed by atoms with van der Waals surface area (Å²) >= 11 is 6.20. The van der Waals surface area contributed by atoms with E-state index in [1.807, 2.05) is 12.1 Å². The third-order valence-electron chi connectivity index (χ3n) is 6.16. The molecule has 0 radical (unpaired) electrons. The Labute approximate surface area is 228 Å². The molecule has 2 heterocycles. The normalized spacial score (nSPS) is 10.8. The van der Waals surface area contributed by atoms with Gasteiger partial charge in [0.05, 0.1) is 42.4 Å². The van der Waals surface area contributed by atoms with Crippen LogP contribution in [0.5, 0.6) is 11.5 Å². The topological polar surface area (TPSA) is 122 Å². The smallest absolute Gasteiger partial charge is 0.332 e. The van der Waals surface area contributed by atoms with Crippen molar-refractivity contribution in [3.8, 4) is 11.5 Å². The van der Waals surface area contributed by atoms with Gasteiger partial charge in [0.2, 0.25) is 5.91 Å². The van der Waals surface area contributed by atoms with E-state index in [9.17, 15) is 19.2 Å². The minimum Gasteiger partial charge on any atom is -0.495 e. The maximum atomic E-state index is 13.4. The van der Waals surface area contributed by atoms with E-state index in [-0.39, 0.29) is 40.4 Å². The van der Waals surface area contributed by atoms with Gasteiger partial charge in [-0.15, -0.1) is 0 Å². The van der Waals surface area contributed by atoms with Crippen LogP contribution in [0.1, 0.15) is 18.4 Å². The number of hydrogen-bond donors (Lipinski definition) is 1. The molecular formula is C28H27ClN4O6. The van der Waals surface area contributed by atoms with Crippen LogP contribution in [0, 0.1) is 0 Å². The Morgan fingerprint density at radius 2 is 1.74 bits per heavy atom. The average molecular weight is 551 g/mol. The van der Waals surface area contributed by atoms with Gasteiger partial charge in [-0.25, -0.2) is 4.79 Å². The number of ketones is 1. The van der Waals surface area contributed by atoms with E-state index < -0.39 is 23.7 Å². The number of nitrogens with one attached hydrogen (secondary N) is 1. The molecule has 4 rings (SSSR count). The average Bonchev–Trinajstić information content (AvgIpc) is 2.94. The standard InChI is InChI=1S/C28H27ClN4O6/c1-38-24-14-25(39-2)22(13-21(24)29)31-26(35)17-32-23-11-4-3-10-20(23)27(36)33(28(32)37)16-19(34)9-5-7-18-8-6-12-30-15-18/h3-4,6,8,10-15H,5,7,9,16-17H2,1-2H3,(H,31,35). The molecule has 0 fully saturated rings. The van der Waals surface area contributed by atoms with Gasteiger partial charge in [0, 0.05) is 24.9 Å². The van der Waals surface area contributed by atoms with Crippen molar-refractivity contribution in [2.24, 2.45) is 0 Å². The predicted molar refractivity (Wildman–Crippen MR) is 148 cm³/mol. The fourth-order valence-electron chi connectivity index (χ4n) is 4.25. The quantitative estimate of drug-likeness (QED) is 0.303. The Morgan fingerprint density at radius 3 is 2.46 bits per heavy atom. The van der Waals surface area contributed by atoms with Gasteiger partial charge in [-0.3, -0.25) is 28.5 Å². The van der Waals surface area contributed by atoms with Gasteiger partial charge in [-0.1, -0.05) is 29.8 Å². The Hall–Kier alpha value is -4.44. The second-order valence-corrected chi connectivity index (χ2v) is 9.17. The maximum absolute atomic E-state index is 13.4. The van der Waals surface area contributed by atoms with Crippen molar-refractivity contribution < 1.29 is 19.1 Å². The highest BCUT2D eigenvalue weighted by Gasteiger charge is 2.19. The number of pyridine rings is 1. The molecule has 0 unspecified atom stereocenters. The first kappa shape index (κ1) is 27.6. The fraction of sp³-hybridized carbons (Fsp3) is 0.250. The molecule has 1 amide bonds. The number of aromatic nitrogens is 3. The Morgan fingerprint density at radius 1 is 0.974 bits per heavy atom. The van der Waals surface area contributed by atoms with Crippen LogP contribution in [0.25, 0.3) is 10.9 Å². The zero-order chi connectivity index (χ0) is 27.9. The Kier molecular flexibility index (Phi) is 8.77. The second kappa shape index (κ2) is 12.4. The molecule has 0 bridgehead atoms. The number of rotatable bonds is 11. The van der Waals surface area contributed by atoms with E-state index in [0.717, 1.165) is 10.1 Å². The summed E-state index contributed by atoms with van der Waals surface area (Å²) in [4.78, 5) is 56.4. The summed E-state index contributed by atoms with van der Waals surface area (Å²) in [5.41, 5.74) is 0.215. The predicted octanol–water partition coefficient (Wildman–Crippen LogP) is 3.46. The molecule has 11 heteroatoms. The Balaban J connectivity index is 1.58. The number of amides is 1. The van der Waals surface area contributed by atoms with Crippen LogP contribution in [0.3, 0.4) is 0 Å². The van der Waals surface area contributed by atoms with Gasteiger partial charge >= 0.3 is 5.69 Å². The molecule has 0 aliphatic carbocycles. The highest BCUT2D eigenvalue weighted by molar-refractivity contribution is 6.32. The van der Waals surface area contributed by atoms with Crippen LogP contribution in [0.4, 0.5) is 5.69 Å². The van der Waals surface area contributed by atoms with Crippen LogP contribution in [-0.2, 0) is 29.1 Å². The fourth-order valence-corrected chi connectivity index (χ4v) is 4.49. The summed E-state index contributed by atoms with van der Waals surface area (Å²) in [6, 6.07) is 13.2. The van der Waals surface area contributed by atoms with Crippen LogP contribution >= 0.6 is 11.6 Å². The third kappa shape index (κ3) is 6.35. The molecule has 0 atom stereocenters. The van der Waals surface area contributed by atoms with Crippen molar-refractivity contribution in [3.05, 3.63) is 92.3 Å². The van der Waals surface area contributed by atoms with Crippen molar-refractivity contribution in [2.75, 3.05) is 19.5 Å². The molecule has 1 N–H and O–H groups in total. The zero-order valence-electron chi connectivity index (χ0n) is 21.5. The van der Waals surface area contributed by atoms with Gasteiger partial charge < -0.3 is 14.8 Å². The summed E-state index contributed by atoms with van der Waals surface area (Å²) in [5, 5.41) is 3.17. The van der Waals surface area contributed by atoms with Gasteiger partial charge in [0.1, 0.15) is 18.0 Å². The lowest BCUT2D eigenvalue weighted by Crippen LogP contribution is -2.43. The van der Waals surface area contributed by atoms with Crippen molar-refractivity contribution in [2.45, 2.75) is 32.4 Å². The molecule has 39 heavy (non-hydrogen) atoms. The number of carbonyl (C=O) groups excluding carboxylic acids is 2. The highest BCUT2D eigenvalue weighted by Crippen LogP contribution is 2.35. The van der Waals surface area contributed by atoms with Crippen molar-refractivity contribution in [1.82, 2.24) is 14.1 Å². The molecule has 4 aromatic rings. The lowest BCUT2D eigenvalue weighted by molar-refractivity contribution is -0.119. The van der Waals surface area contributed by atoms with Crippen molar-refractivity contribution >= 4 is 39.9 Å². The second-order valence-electron chi connectivity index (χ2n) is 8.77. The van der Waals surface area contributed by atoms with E-state index >= 15 is 0 Å². The molecule has 2 aromatic carbocycles. The van der Waals surface area contributed by atoms with Crippen molar-refractivity contribution in [1.29, 1.82) is 0 Å². The summed E-state index contributed by atoms with van der Waals surface area (Å²) in [6.07, 6.45) is 4.80. The van der Waals surface area contributed by atoms with E-state index in [4.69, 9.17) is 21.1 Å². The van der Waals surface area contributed by atoms with Crippen LogP contribution in [-0.4, -0.2) is 40.0 Å². The molecule has 0 saturated carbocycles. The van der Waals surface area contributed by atoms with Crippen LogP contribution < -0.4 is 26.0 Å². The molecule has 10 nitrogen and oxygen atoms in total. The summed E-state index contributed by atoms with van der Waals surface area (Å²) in [6.45, 7) is -0.805. The van der Waals surface area contributed by atoms with Gasteiger partial charge in [-0.05, 0) is 42.7 Å². The number of fused-ring (bicyclic) bond motifs is 1. The molecular weight excluding hydrogens is 524 g/mol. The van der Waals surface area contributed by atoms with E-state index in [1.165, 1.54) is 30.9 Å². The number of para-hydroxylation sites is 1. The van der Waals surface area contributed by atoms with E-state index in [0.29, 0.717) is 24.3 Å². The number of nitrogens with zero attached hydrogens (tertiary/aromatic N) is 3. The molecule has 0 aliphatic rings. The monoisotopic (exact) mass is 550 g/mol. The van der Waals surface area contributed by atoms with Gasteiger partial charge in [-0.2, -0.15) is 0 Å². The number of halogens is 1. The number of methoxy groups -OCH3 is 2. The minimum atomic E-state index is -0.755. The lowest BCUT2D eigenvalue weighted by Gasteiger charge is -2.16. The first-order valence-corrected chi connectivity index (χ1v) is 12.5. The van der Waals surface area contributed by atoms with Gasteiger partial charge in [0.25, 0.3) is 5.56 Å². The number of aryl methyl sites for hydroxylation is 1. The zero-order valence-corrected chi connectivity index (χ0v) is 22.2. The van der Waals surface area contributed by atoms with Crippen LogP contribution in [0.15, 0.2) is 70.5 Å². The SMILES string of the molecule is COc1cc(OC)c(NC(=O)Cn2c(=O)n(CC(=O)CCCc3cccnc3)c(=O)c3ccccc32)cc1Cl. The summed E-state index contributed by atoms with van der Waals surface area (Å²) < 4.78 is 12.6. The number of anilines is 1. The first-order chi connectivity index (χ1) is 18.8. The van der Waals surface area contributed by atoms with E-state index in [1.54, 1.807) is 36.7 Å². The molecule has 0 saturated heterocycles. The molecule has 0 spiro atoms. The minimum absolute atomic E-state index is 0.187. The number of Topliss-reactive ketones (excluding diaryl/α,β-unsaturated/α-hetero) is 1. The van der Waals surface area contributed by atoms with Crippen LogP contribution in [0.2, 0.25) is 5.02 Å². The van der Waals surface area contributed by atoms with E-state index in [2.05, 4.69) is 10.3 Å². The summed E-state index contributed by atoms with van der Waals surface area (Å²) in [5.74, 6) is -0.147. The molecule has 2 aromatic heterocycles. The third-order valence-corrected chi connectivity index (χ3v) is 6.46. The largest absolute Gasteiger partial charge is 0.495 e. The Bertz CT molecular complexity index is 1630. The summed E-state index contributed by atoms with van der Waals surface area (Å²) in [7, 11) is 2.89. The molecule has 0 aliphatic heterocycles. The first-order valence-electron chi connectivity index (χ1n) is 12.2. The maximum Gasteiger partial charge on any atom is 0.332 e. The number of benzene rings is 2. The number of hydrogen-bond acceptors (Lipinski definition) is 7. The highest BCUT2D eigenvalue weighted by atomic mass is 35.5.